The molecule has 2 atom stereocenters. The van der Waals surface area contributed by atoms with Crippen molar-refractivity contribution in [1.82, 2.24) is 20.1 Å². The van der Waals surface area contributed by atoms with Crippen molar-refractivity contribution in [1.29, 1.82) is 0 Å². The molecule has 0 fully saturated rings. The highest BCUT2D eigenvalue weighted by molar-refractivity contribution is 5.12. The van der Waals surface area contributed by atoms with Gasteiger partial charge in [0, 0.05) is 20.2 Å². The van der Waals surface area contributed by atoms with Crippen LogP contribution in [0.1, 0.15) is 58.7 Å². The van der Waals surface area contributed by atoms with Crippen molar-refractivity contribution in [2.24, 2.45) is 5.41 Å². The molecule has 2 heterocycles. The molecule has 0 saturated heterocycles. The zero-order chi connectivity index (χ0) is 14.3. The number of aromatic nitrogens is 3. The van der Waals surface area contributed by atoms with Gasteiger partial charge in [0.15, 0.2) is 11.6 Å². The predicted molar refractivity (Wildman–Crippen MR) is 74.9 cm³/mol. The fraction of sp³-hybridized carbons (Fsp3) is 0.857. The number of methoxy groups -OCH3 is 1. The molecule has 1 aromatic rings. The molecule has 0 aliphatic carbocycles. The molecule has 2 rings (SSSR count). The summed E-state index contributed by atoms with van der Waals surface area (Å²) in [5.74, 6) is 1.98. The summed E-state index contributed by atoms with van der Waals surface area (Å²) in [6, 6.07) is 0.237. The Bertz CT molecular complexity index is 443. The molecule has 1 aliphatic rings. The first-order valence-electron chi connectivity index (χ1n) is 7.05. The van der Waals surface area contributed by atoms with E-state index in [2.05, 4.69) is 54.7 Å². The van der Waals surface area contributed by atoms with E-state index in [1.807, 2.05) is 0 Å². The van der Waals surface area contributed by atoms with Gasteiger partial charge < -0.3 is 14.6 Å². The van der Waals surface area contributed by atoms with Gasteiger partial charge in [-0.1, -0.05) is 27.7 Å². The van der Waals surface area contributed by atoms with Crippen LogP contribution in [0.5, 0.6) is 0 Å². The van der Waals surface area contributed by atoms with E-state index in [0.29, 0.717) is 0 Å². The first-order valence-corrected chi connectivity index (χ1v) is 7.05. The van der Waals surface area contributed by atoms with Crippen molar-refractivity contribution < 1.29 is 4.74 Å². The minimum atomic E-state index is -0.356. The van der Waals surface area contributed by atoms with Crippen LogP contribution in [-0.2, 0) is 16.9 Å². The third-order valence-corrected chi connectivity index (χ3v) is 4.19. The summed E-state index contributed by atoms with van der Waals surface area (Å²) in [5.41, 5.74) is -0.233. The third kappa shape index (κ3) is 2.41. The molecule has 5 nitrogen and oxygen atoms in total. The highest BCUT2D eigenvalue weighted by Gasteiger charge is 2.38. The minimum Gasteiger partial charge on any atom is -0.371 e. The van der Waals surface area contributed by atoms with Crippen molar-refractivity contribution in [3.8, 4) is 0 Å². The molecule has 0 bridgehead atoms. The summed E-state index contributed by atoms with van der Waals surface area (Å²) in [5, 5.41) is 12.4. The van der Waals surface area contributed by atoms with Crippen molar-refractivity contribution in [3.05, 3.63) is 11.6 Å². The first kappa shape index (κ1) is 14.5. The van der Waals surface area contributed by atoms with Crippen LogP contribution in [-0.4, -0.2) is 28.4 Å². The molecule has 108 valence electrons. The molecule has 5 heteroatoms. The van der Waals surface area contributed by atoms with E-state index in [0.717, 1.165) is 31.2 Å². The minimum absolute atomic E-state index is 0.123. The van der Waals surface area contributed by atoms with Crippen LogP contribution in [0.2, 0.25) is 0 Å². The van der Waals surface area contributed by atoms with Crippen LogP contribution in [0.25, 0.3) is 0 Å². The summed E-state index contributed by atoms with van der Waals surface area (Å²) >= 11 is 0. The van der Waals surface area contributed by atoms with Gasteiger partial charge >= 0.3 is 0 Å². The van der Waals surface area contributed by atoms with Gasteiger partial charge in [-0.05, 0) is 18.8 Å². The topological polar surface area (TPSA) is 52.0 Å². The number of nitrogens with zero attached hydrogens (tertiary/aromatic N) is 3. The fourth-order valence-electron chi connectivity index (χ4n) is 2.64. The van der Waals surface area contributed by atoms with Gasteiger partial charge in [-0.25, -0.2) is 0 Å². The Kier molecular flexibility index (Phi) is 3.71. The summed E-state index contributed by atoms with van der Waals surface area (Å²) in [4.78, 5) is 0. The molecule has 0 aromatic carbocycles. The molecular formula is C14H26N4O. The quantitative estimate of drug-likeness (QED) is 0.911. The van der Waals surface area contributed by atoms with Crippen LogP contribution in [0.4, 0.5) is 0 Å². The molecular weight excluding hydrogens is 240 g/mol. The van der Waals surface area contributed by atoms with E-state index in [9.17, 15) is 0 Å². The monoisotopic (exact) mass is 266 g/mol. The summed E-state index contributed by atoms with van der Waals surface area (Å²) in [6.45, 7) is 12.7. The van der Waals surface area contributed by atoms with Crippen molar-refractivity contribution in [2.75, 3.05) is 13.7 Å². The van der Waals surface area contributed by atoms with Gasteiger partial charge in [0.1, 0.15) is 5.60 Å². The Morgan fingerprint density at radius 1 is 1.32 bits per heavy atom. The van der Waals surface area contributed by atoms with Crippen molar-refractivity contribution >= 4 is 0 Å². The lowest BCUT2D eigenvalue weighted by Gasteiger charge is -2.36. The zero-order valence-electron chi connectivity index (χ0n) is 12.9. The number of fused-ring (bicyclic) bond motifs is 1. The van der Waals surface area contributed by atoms with Crippen molar-refractivity contribution in [3.63, 3.8) is 0 Å². The largest absolute Gasteiger partial charge is 0.371 e. The summed E-state index contributed by atoms with van der Waals surface area (Å²) in [7, 11) is 1.74. The van der Waals surface area contributed by atoms with Gasteiger partial charge in [0.05, 0.1) is 6.04 Å². The molecule has 1 aromatic heterocycles. The van der Waals surface area contributed by atoms with Crippen LogP contribution >= 0.6 is 0 Å². The second-order valence-corrected chi connectivity index (χ2v) is 6.58. The number of hydrogen-bond donors (Lipinski definition) is 1. The van der Waals surface area contributed by atoms with E-state index in [-0.39, 0.29) is 17.1 Å². The number of hydrogen-bond acceptors (Lipinski definition) is 4. The second-order valence-electron chi connectivity index (χ2n) is 6.58. The van der Waals surface area contributed by atoms with Gasteiger partial charge in [0.25, 0.3) is 0 Å². The molecule has 2 unspecified atom stereocenters. The first-order chi connectivity index (χ1) is 8.83. The summed E-state index contributed by atoms with van der Waals surface area (Å²) < 4.78 is 7.91. The predicted octanol–water partition coefficient (Wildman–Crippen LogP) is 2.24. The lowest BCUT2D eigenvalue weighted by molar-refractivity contribution is -0.0128. The smallest absolute Gasteiger partial charge is 0.165 e. The third-order valence-electron chi connectivity index (χ3n) is 4.19. The normalized spacial score (nSPS) is 22.9. The van der Waals surface area contributed by atoms with E-state index in [1.165, 1.54) is 0 Å². The second kappa shape index (κ2) is 4.87. The van der Waals surface area contributed by atoms with Gasteiger partial charge in [0.2, 0.25) is 0 Å². The standard InChI is InChI=1S/C14H26N4O/c1-7-14(5,19-6)12-17-16-11-10(13(2,3)4)15-8-9-18(11)12/h10,15H,7-9H2,1-6H3. The Labute approximate surface area is 115 Å². The average Bonchev–Trinajstić information content (AvgIpc) is 2.80. The van der Waals surface area contributed by atoms with E-state index in [4.69, 9.17) is 4.74 Å². The molecule has 1 aliphatic heterocycles. The molecule has 0 amide bonds. The maximum Gasteiger partial charge on any atom is 0.165 e. The lowest BCUT2D eigenvalue weighted by Crippen LogP contribution is -2.42. The zero-order valence-corrected chi connectivity index (χ0v) is 12.9. The molecule has 0 radical (unpaired) electrons. The van der Waals surface area contributed by atoms with Crippen LogP contribution < -0.4 is 5.32 Å². The maximum atomic E-state index is 5.67. The fourth-order valence-corrected chi connectivity index (χ4v) is 2.64. The highest BCUT2D eigenvalue weighted by Crippen LogP contribution is 2.36. The SMILES string of the molecule is CCC(C)(OC)c1nnc2n1CCNC2C(C)(C)C. The molecule has 19 heavy (non-hydrogen) atoms. The number of nitrogens with one attached hydrogen (secondary N) is 1. The van der Waals surface area contributed by atoms with Gasteiger partial charge in [-0.3, -0.25) is 0 Å². The van der Waals surface area contributed by atoms with Gasteiger partial charge in [-0.2, -0.15) is 0 Å². The highest BCUT2D eigenvalue weighted by atomic mass is 16.5. The Hall–Kier alpha value is -0.940. The Morgan fingerprint density at radius 3 is 2.53 bits per heavy atom. The van der Waals surface area contributed by atoms with E-state index in [1.54, 1.807) is 7.11 Å². The van der Waals surface area contributed by atoms with Crippen LogP contribution in [0.15, 0.2) is 0 Å². The lowest BCUT2D eigenvalue weighted by atomic mass is 9.85. The average molecular weight is 266 g/mol. The molecule has 1 N–H and O–H groups in total. The van der Waals surface area contributed by atoms with Gasteiger partial charge in [-0.15, -0.1) is 10.2 Å². The number of ether oxygens (including phenoxy) is 1. The van der Waals surface area contributed by atoms with Crippen LogP contribution in [0, 0.1) is 5.41 Å². The van der Waals surface area contributed by atoms with E-state index < -0.39 is 0 Å². The maximum absolute atomic E-state index is 5.67. The molecule has 0 spiro atoms. The van der Waals surface area contributed by atoms with Crippen molar-refractivity contribution in [2.45, 2.75) is 59.2 Å². The Balaban J connectivity index is 2.46. The molecule has 0 saturated carbocycles. The summed E-state index contributed by atoms with van der Waals surface area (Å²) in [6.07, 6.45) is 0.884. The Morgan fingerprint density at radius 2 is 2.00 bits per heavy atom. The van der Waals surface area contributed by atoms with Crippen LogP contribution in [0.3, 0.4) is 0 Å². The number of rotatable bonds is 3. The van der Waals surface area contributed by atoms with E-state index >= 15 is 0 Å².